The van der Waals surface area contributed by atoms with Crippen molar-refractivity contribution in [3.8, 4) is 5.75 Å². The molecule has 0 saturated carbocycles. The van der Waals surface area contributed by atoms with Crippen LogP contribution in [0.3, 0.4) is 0 Å². The predicted molar refractivity (Wildman–Crippen MR) is 84.5 cm³/mol. The highest BCUT2D eigenvalue weighted by atomic mass is 16.5. The first-order chi connectivity index (χ1) is 10.7. The Hall–Kier alpha value is -2.63. The van der Waals surface area contributed by atoms with Crippen molar-refractivity contribution in [2.24, 2.45) is 0 Å². The van der Waals surface area contributed by atoms with Gasteiger partial charge in [-0.05, 0) is 24.1 Å². The van der Waals surface area contributed by atoms with E-state index in [0.717, 1.165) is 24.2 Å². The van der Waals surface area contributed by atoms with Crippen molar-refractivity contribution in [1.82, 2.24) is 15.3 Å². The van der Waals surface area contributed by atoms with Gasteiger partial charge >= 0.3 is 0 Å². The van der Waals surface area contributed by atoms with Gasteiger partial charge in [-0.3, -0.25) is 4.79 Å². The number of carbonyl (C=O) groups excluding carboxylic acids is 1. The molecular formula is C16H20N4O2. The average molecular weight is 300 g/mol. The molecule has 0 aliphatic rings. The number of rotatable bonds is 7. The average Bonchev–Trinajstić information content (AvgIpc) is 2.54. The van der Waals surface area contributed by atoms with Gasteiger partial charge in [0.05, 0.1) is 6.61 Å². The smallest absolute Gasteiger partial charge is 0.273 e. The van der Waals surface area contributed by atoms with E-state index in [2.05, 4.69) is 22.2 Å². The number of unbranched alkanes of at least 4 members (excludes halogenated alkanes) is 1. The number of nitrogens with two attached hydrogens (primary N) is 1. The Bertz CT molecular complexity index is 631. The number of nitrogens with one attached hydrogen (secondary N) is 1. The normalized spacial score (nSPS) is 10.2. The number of benzene rings is 1. The minimum atomic E-state index is -0.345. The lowest BCUT2D eigenvalue weighted by Gasteiger charge is -2.09. The Kier molecular flexibility index (Phi) is 5.71. The molecule has 6 nitrogen and oxygen atoms in total. The van der Waals surface area contributed by atoms with Crippen molar-refractivity contribution < 1.29 is 9.53 Å². The van der Waals surface area contributed by atoms with Gasteiger partial charge in [0.25, 0.3) is 5.91 Å². The van der Waals surface area contributed by atoms with Crippen LogP contribution in [0, 0.1) is 0 Å². The van der Waals surface area contributed by atoms with E-state index < -0.39 is 0 Å². The van der Waals surface area contributed by atoms with Crippen LogP contribution in [-0.2, 0) is 6.54 Å². The summed E-state index contributed by atoms with van der Waals surface area (Å²) in [5.74, 6) is 0.582. The molecule has 0 bridgehead atoms. The minimum absolute atomic E-state index is 0.122. The summed E-state index contributed by atoms with van der Waals surface area (Å²) in [5, 5.41) is 2.77. The number of nitrogen functional groups attached to an aromatic ring is 1. The Morgan fingerprint density at radius 1 is 1.32 bits per heavy atom. The Morgan fingerprint density at radius 2 is 2.14 bits per heavy atom. The van der Waals surface area contributed by atoms with Crippen LogP contribution in [0.5, 0.6) is 5.75 Å². The van der Waals surface area contributed by atoms with Gasteiger partial charge in [-0.1, -0.05) is 25.5 Å². The SMILES string of the molecule is CCCCOc1cccc(CNC(=O)c2nccnc2N)c1. The number of hydrogen-bond acceptors (Lipinski definition) is 5. The fraction of sp³-hybridized carbons (Fsp3) is 0.312. The lowest BCUT2D eigenvalue weighted by atomic mass is 10.2. The molecule has 3 N–H and O–H groups in total. The minimum Gasteiger partial charge on any atom is -0.494 e. The first-order valence-electron chi connectivity index (χ1n) is 7.27. The van der Waals surface area contributed by atoms with Crippen LogP contribution in [0.25, 0.3) is 0 Å². The summed E-state index contributed by atoms with van der Waals surface area (Å²) in [7, 11) is 0. The molecule has 0 spiro atoms. The van der Waals surface area contributed by atoms with E-state index in [1.165, 1.54) is 12.4 Å². The highest BCUT2D eigenvalue weighted by Crippen LogP contribution is 2.14. The standard InChI is InChI=1S/C16H20N4O2/c1-2-3-9-22-13-6-4-5-12(10-13)11-20-16(21)14-15(17)19-8-7-18-14/h4-8,10H,2-3,9,11H2,1H3,(H2,17,19)(H,20,21). The zero-order chi connectivity index (χ0) is 15.8. The molecular weight excluding hydrogens is 280 g/mol. The van der Waals surface area contributed by atoms with E-state index in [0.29, 0.717) is 13.2 Å². The van der Waals surface area contributed by atoms with Crippen LogP contribution in [0.4, 0.5) is 5.82 Å². The first kappa shape index (κ1) is 15.8. The molecule has 2 aromatic rings. The van der Waals surface area contributed by atoms with Crippen LogP contribution in [-0.4, -0.2) is 22.5 Å². The summed E-state index contributed by atoms with van der Waals surface area (Å²) >= 11 is 0. The number of carbonyl (C=O) groups is 1. The summed E-state index contributed by atoms with van der Waals surface area (Å²) in [6.07, 6.45) is 5.00. The van der Waals surface area contributed by atoms with Gasteiger partial charge in [0.15, 0.2) is 11.5 Å². The molecule has 1 aromatic heterocycles. The number of amides is 1. The van der Waals surface area contributed by atoms with E-state index in [1.54, 1.807) is 0 Å². The van der Waals surface area contributed by atoms with Gasteiger partial charge in [-0.25, -0.2) is 9.97 Å². The van der Waals surface area contributed by atoms with Gasteiger partial charge in [-0.2, -0.15) is 0 Å². The van der Waals surface area contributed by atoms with Crippen LogP contribution in [0.2, 0.25) is 0 Å². The summed E-state index contributed by atoms with van der Waals surface area (Å²) in [4.78, 5) is 19.8. The van der Waals surface area contributed by atoms with Crippen molar-refractivity contribution in [2.45, 2.75) is 26.3 Å². The monoisotopic (exact) mass is 300 g/mol. The molecule has 0 aliphatic carbocycles. The third-order valence-corrected chi connectivity index (χ3v) is 3.06. The third-order valence-electron chi connectivity index (χ3n) is 3.06. The number of anilines is 1. The third kappa shape index (κ3) is 4.44. The second kappa shape index (κ2) is 7.97. The topological polar surface area (TPSA) is 90.1 Å². The molecule has 1 amide bonds. The quantitative estimate of drug-likeness (QED) is 0.765. The maximum Gasteiger partial charge on any atom is 0.273 e. The zero-order valence-corrected chi connectivity index (χ0v) is 12.6. The largest absolute Gasteiger partial charge is 0.494 e. The molecule has 0 aliphatic heterocycles. The molecule has 0 radical (unpaired) electrons. The molecule has 6 heteroatoms. The van der Waals surface area contributed by atoms with Crippen molar-refractivity contribution >= 4 is 11.7 Å². The fourth-order valence-electron chi connectivity index (χ4n) is 1.87. The first-order valence-corrected chi connectivity index (χ1v) is 7.27. The molecule has 1 heterocycles. The number of nitrogens with zero attached hydrogens (tertiary/aromatic N) is 2. The van der Waals surface area contributed by atoms with Gasteiger partial charge in [0.2, 0.25) is 0 Å². The summed E-state index contributed by atoms with van der Waals surface area (Å²) < 4.78 is 5.64. The molecule has 116 valence electrons. The van der Waals surface area contributed by atoms with Crippen LogP contribution in [0.1, 0.15) is 35.8 Å². The molecule has 0 saturated heterocycles. The van der Waals surface area contributed by atoms with Gasteiger partial charge in [0, 0.05) is 18.9 Å². The van der Waals surface area contributed by atoms with E-state index in [-0.39, 0.29) is 17.4 Å². The summed E-state index contributed by atoms with van der Waals surface area (Å²) in [6, 6.07) is 7.64. The van der Waals surface area contributed by atoms with Gasteiger partial charge < -0.3 is 15.8 Å². The Morgan fingerprint density at radius 3 is 2.91 bits per heavy atom. The molecule has 1 aromatic carbocycles. The van der Waals surface area contributed by atoms with Crippen LogP contribution in [0.15, 0.2) is 36.7 Å². The molecule has 2 rings (SSSR count). The number of ether oxygens (including phenoxy) is 1. The highest BCUT2D eigenvalue weighted by molar-refractivity contribution is 5.96. The fourth-order valence-corrected chi connectivity index (χ4v) is 1.87. The maximum absolute atomic E-state index is 12.0. The molecule has 0 atom stereocenters. The number of aromatic nitrogens is 2. The van der Waals surface area contributed by atoms with Gasteiger partial charge in [0.1, 0.15) is 5.75 Å². The molecule has 0 fully saturated rings. The van der Waals surface area contributed by atoms with Crippen LogP contribution >= 0.6 is 0 Å². The second-order valence-corrected chi connectivity index (χ2v) is 4.82. The van der Waals surface area contributed by atoms with Crippen molar-refractivity contribution in [3.05, 3.63) is 47.9 Å². The maximum atomic E-state index is 12.0. The van der Waals surface area contributed by atoms with Crippen molar-refractivity contribution in [1.29, 1.82) is 0 Å². The number of hydrogen-bond donors (Lipinski definition) is 2. The van der Waals surface area contributed by atoms with E-state index >= 15 is 0 Å². The summed E-state index contributed by atoms with van der Waals surface area (Å²) in [5.41, 5.74) is 6.71. The second-order valence-electron chi connectivity index (χ2n) is 4.82. The van der Waals surface area contributed by atoms with Crippen LogP contribution < -0.4 is 15.8 Å². The van der Waals surface area contributed by atoms with E-state index in [9.17, 15) is 4.79 Å². The predicted octanol–water partition coefficient (Wildman–Crippen LogP) is 2.17. The van der Waals surface area contributed by atoms with E-state index in [1.807, 2.05) is 24.3 Å². The Balaban J connectivity index is 1.92. The van der Waals surface area contributed by atoms with Crippen molar-refractivity contribution in [3.63, 3.8) is 0 Å². The molecule has 0 unspecified atom stereocenters. The summed E-state index contributed by atoms with van der Waals surface area (Å²) in [6.45, 7) is 3.19. The molecule has 22 heavy (non-hydrogen) atoms. The van der Waals surface area contributed by atoms with Crippen molar-refractivity contribution in [2.75, 3.05) is 12.3 Å². The lowest BCUT2D eigenvalue weighted by molar-refractivity contribution is 0.0946. The zero-order valence-electron chi connectivity index (χ0n) is 12.6. The Labute approximate surface area is 129 Å². The van der Waals surface area contributed by atoms with E-state index in [4.69, 9.17) is 10.5 Å². The van der Waals surface area contributed by atoms with Gasteiger partial charge in [-0.15, -0.1) is 0 Å². The lowest BCUT2D eigenvalue weighted by Crippen LogP contribution is -2.25. The highest BCUT2D eigenvalue weighted by Gasteiger charge is 2.11.